The normalized spacial score (nSPS) is 11.3. The molecule has 23 heavy (non-hydrogen) atoms. The average molecular weight is 423 g/mol. The van der Waals surface area contributed by atoms with E-state index in [2.05, 4.69) is 45.4 Å². The average Bonchev–Trinajstić information content (AvgIpc) is 2.43. The molecular formula is C16H22BrCl2N3O. The summed E-state index contributed by atoms with van der Waals surface area (Å²) >= 11 is 3.44. The Bertz CT molecular complexity index is 662. The molecule has 0 spiro atoms. The Balaban J connectivity index is 0.00000242. The Labute approximate surface area is 157 Å². The Morgan fingerprint density at radius 3 is 2.65 bits per heavy atom. The molecule has 4 nitrogen and oxygen atoms in total. The van der Waals surface area contributed by atoms with E-state index in [0.29, 0.717) is 12.1 Å². The number of hydrogen-bond acceptors (Lipinski definition) is 3. The first kappa shape index (κ1) is 22.1. The topological polar surface area (TPSA) is 54.0 Å². The van der Waals surface area contributed by atoms with Gasteiger partial charge < -0.3 is 10.6 Å². The predicted molar refractivity (Wildman–Crippen MR) is 104 cm³/mol. The van der Waals surface area contributed by atoms with Crippen molar-refractivity contribution >= 4 is 57.6 Å². The fourth-order valence-corrected chi connectivity index (χ4v) is 2.63. The number of nitrogens with one attached hydrogen (secondary N) is 2. The fourth-order valence-electron chi connectivity index (χ4n) is 2.28. The molecule has 1 heterocycles. The number of nitrogens with zero attached hydrogens (tertiary/aromatic N) is 1. The summed E-state index contributed by atoms with van der Waals surface area (Å²) in [6, 6.07) is 7.87. The van der Waals surface area contributed by atoms with Gasteiger partial charge in [-0.15, -0.1) is 24.8 Å². The number of carbonyl (C=O) groups is 1. The van der Waals surface area contributed by atoms with E-state index in [1.165, 1.54) is 0 Å². The Hall–Kier alpha value is -0.880. The van der Waals surface area contributed by atoms with Crippen LogP contribution in [0.5, 0.6) is 0 Å². The molecule has 0 saturated carbocycles. The van der Waals surface area contributed by atoms with Crippen LogP contribution in [0.15, 0.2) is 28.7 Å². The highest BCUT2D eigenvalue weighted by atomic mass is 79.9. The van der Waals surface area contributed by atoms with Crippen LogP contribution in [-0.2, 0) is 0 Å². The third kappa shape index (κ3) is 5.92. The molecule has 1 amide bonds. The highest BCUT2D eigenvalue weighted by molar-refractivity contribution is 9.10. The summed E-state index contributed by atoms with van der Waals surface area (Å²) in [6.45, 7) is 7.50. The lowest BCUT2D eigenvalue weighted by Gasteiger charge is -2.14. The number of hydrogen-bond donors (Lipinski definition) is 2. The summed E-state index contributed by atoms with van der Waals surface area (Å²) < 4.78 is 0.959. The smallest absolute Gasteiger partial charge is 0.252 e. The molecule has 1 aromatic carbocycles. The summed E-state index contributed by atoms with van der Waals surface area (Å²) in [4.78, 5) is 16.9. The highest BCUT2D eigenvalue weighted by Gasteiger charge is 2.13. The summed E-state index contributed by atoms with van der Waals surface area (Å²) in [7, 11) is 0. The molecule has 1 aromatic heterocycles. The molecule has 2 aromatic rings. The van der Waals surface area contributed by atoms with Crippen molar-refractivity contribution in [2.45, 2.75) is 26.8 Å². The van der Waals surface area contributed by atoms with E-state index in [0.717, 1.165) is 27.6 Å². The zero-order chi connectivity index (χ0) is 15.4. The number of rotatable bonds is 5. The van der Waals surface area contributed by atoms with Gasteiger partial charge in [-0.25, -0.2) is 0 Å². The van der Waals surface area contributed by atoms with Crippen molar-refractivity contribution in [2.24, 2.45) is 0 Å². The number of likely N-dealkylation sites (N-methyl/N-ethyl adjacent to an activating group) is 1. The van der Waals surface area contributed by atoms with Gasteiger partial charge in [0.2, 0.25) is 0 Å². The highest BCUT2D eigenvalue weighted by Crippen LogP contribution is 2.22. The van der Waals surface area contributed by atoms with Crippen molar-refractivity contribution in [1.82, 2.24) is 15.6 Å². The van der Waals surface area contributed by atoms with Crippen LogP contribution in [0.3, 0.4) is 0 Å². The zero-order valence-corrected chi connectivity index (χ0v) is 16.6. The third-order valence-electron chi connectivity index (χ3n) is 3.27. The summed E-state index contributed by atoms with van der Waals surface area (Å²) in [6.07, 6.45) is 0. The van der Waals surface area contributed by atoms with E-state index in [-0.39, 0.29) is 36.8 Å². The molecule has 0 unspecified atom stereocenters. The molecule has 7 heteroatoms. The first-order valence-electron chi connectivity index (χ1n) is 7.09. The van der Waals surface area contributed by atoms with Crippen LogP contribution in [-0.4, -0.2) is 30.0 Å². The minimum Gasteiger partial charge on any atom is -0.350 e. The predicted octanol–water partition coefficient (Wildman–Crippen LogP) is 3.88. The van der Waals surface area contributed by atoms with Crippen molar-refractivity contribution < 1.29 is 4.79 Å². The van der Waals surface area contributed by atoms with Gasteiger partial charge in [0.1, 0.15) is 0 Å². The Morgan fingerprint density at radius 2 is 2.00 bits per heavy atom. The van der Waals surface area contributed by atoms with Gasteiger partial charge in [-0.2, -0.15) is 0 Å². The van der Waals surface area contributed by atoms with Crippen molar-refractivity contribution in [3.05, 3.63) is 40.0 Å². The van der Waals surface area contributed by atoms with Gasteiger partial charge in [-0.1, -0.05) is 28.9 Å². The Morgan fingerprint density at radius 1 is 1.30 bits per heavy atom. The number of pyridine rings is 1. The molecular weight excluding hydrogens is 401 g/mol. The lowest BCUT2D eigenvalue weighted by atomic mass is 10.1. The molecule has 0 aliphatic rings. The monoisotopic (exact) mass is 421 g/mol. The second-order valence-corrected chi connectivity index (χ2v) is 6.06. The van der Waals surface area contributed by atoms with E-state index in [1.807, 2.05) is 31.2 Å². The SMILES string of the molecule is CCN[C@H](C)CNC(=O)c1cc(C)nc2cc(Br)ccc12.Cl.Cl. The summed E-state index contributed by atoms with van der Waals surface area (Å²) in [5.41, 5.74) is 2.34. The van der Waals surface area contributed by atoms with Crippen LogP contribution in [0.2, 0.25) is 0 Å². The largest absolute Gasteiger partial charge is 0.350 e. The molecule has 0 fully saturated rings. The number of benzene rings is 1. The number of carbonyl (C=O) groups excluding carboxylic acids is 1. The zero-order valence-electron chi connectivity index (χ0n) is 13.4. The third-order valence-corrected chi connectivity index (χ3v) is 3.76. The number of halogens is 3. The minimum absolute atomic E-state index is 0. The summed E-state index contributed by atoms with van der Waals surface area (Å²) in [5, 5.41) is 7.12. The van der Waals surface area contributed by atoms with Crippen molar-refractivity contribution in [3.8, 4) is 0 Å². The molecule has 2 rings (SSSR count). The van der Waals surface area contributed by atoms with Gasteiger partial charge in [-0.3, -0.25) is 9.78 Å². The van der Waals surface area contributed by atoms with E-state index in [1.54, 1.807) is 0 Å². The number of aromatic nitrogens is 1. The van der Waals surface area contributed by atoms with E-state index in [4.69, 9.17) is 0 Å². The number of fused-ring (bicyclic) bond motifs is 1. The van der Waals surface area contributed by atoms with Crippen LogP contribution >= 0.6 is 40.7 Å². The first-order chi connectivity index (χ1) is 10.0. The van der Waals surface area contributed by atoms with Crippen LogP contribution < -0.4 is 10.6 Å². The first-order valence-corrected chi connectivity index (χ1v) is 7.89. The van der Waals surface area contributed by atoms with Crippen LogP contribution in [0.25, 0.3) is 10.9 Å². The van der Waals surface area contributed by atoms with Crippen molar-refractivity contribution in [3.63, 3.8) is 0 Å². The van der Waals surface area contributed by atoms with Crippen molar-refractivity contribution in [1.29, 1.82) is 0 Å². The molecule has 2 N–H and O–H groups in total. The molecule has 0 aliphatic heterocycles. The molecule has 1 atom stereocenters. The maximum atomic E-state index is 12.4. The van der Waals surface area contributed by atoms with Gasteiger partial charge in [0.25, 0.3) is 5.91 Å². The van der Waals surface area contributed by atoms with Crippen LogP contribution in [0.1, 0.15) is 29.9 Å². The fraction of sp³-hybridized carbons (Fsp3) is 0.375. The molecule has 0 saturated heterocycles. The standard InChI is InChI=1S/C16H20BrN3O.2ClH/c1-4-18-11(3)9-19-16(21)14-7-10(2)20-15-8-12(17)5-6-13(14)15;;/h5-8,11,18H,4,9H2,1-3H3,(H,19,21);2*1H/t11-;;/m1../s1. The Kier molecular flexibility index (Phi) is 9.70. The van der Waals surface area contributed by atoms with E-state index >= 15 is 0 Å². The van der Waals surface area contributed by atoms with Gasteiger partial charge in [-0.05, 0) is 38.6 Å². The molecule has 0 bridgehead atoms. The van der Waals surface area contributed by atoms with Crippen molar-refractivity contribution in [2.75, 3.05) is 13.1 Å². The number of aryl methyl sites for hydroxylation is 1. The van der Waals surface area contributed by atoms with Gasteiger partial charge in [0.05, 0.1) is 11.1 Å². The van der Waals surface area contributed by atoms with E-state index < -0.39 is 0 Å². The van der Waals surface area contributed by atoms with Gasteiger partial charge >= 0.3 is 0 Å². The molecule has 0 radical (unpaired) electrons. The molecule has 0 aliphatic carbocycles. The second kappa shape index (κ2) is 10.1. The maximum absolute atomic E-state index is 12.4. The maximum Gasteiger partial charge on any atom is 0.252 e. The number of amides is 1. The lowest BCUT2D eigenvalue weighted by molar-refractivity contribution is 0.0951. The van der Waals surface area contributed by atoms with Gasteiger partial charge in [0, 0.05) is 28.1 Å². The van der Waals surface area contributed by atoms with Crippen LogP contribution in [0.4, 0.5) is 0 Å². The van der Waals surface area contributed by atoms with Crippen LogP contribution in [0, 0.1) is 6.92 Å². The van der Waals surface area contributed by atoms with E-state index in [9.17, 15) is 4.79 Å². The minimum atomic E-state index is -0.0578. The second-order valence-electron chi connectivity index (χ2n) is 5.14. The lowest BCUT2D eigenvalue weighted by Crippen LogP contribution is -2.38. The molecule has 128 valence electrons. The quantitative estimate of drug-likeness (QED) is 0.768. The summed E-state index contributed by atoms with van der Waals surface area (Å²) in [5.74, 6) is -0.0578. The van der Waals surface area contributed by atoms with Gasteiger partial charge in [0.15, 0.2) is 0 Å².